The first-order valence-corrected chi connectivity index (χ1v) is 18.2. The number of amides is 4. The Morgan fingerprint density at radius 1 is 1.08 bits per heavy atom. The van der Waals surface area contributed by atoms with Crippen molar-refractivity contribution in [1.82, 2.24) is 25.3 Å². The smallest absolute Gasteiger partial charge is 0.245 e. The van der Waals surface area contributed by atoms with E-state index in [1.807, 2.05) is 45.9 Å². The number of nitrogens with two attached hydrogens (primary N) is 1. The molecule has 1 saturated heterocycles. The predicted octanol–water partition coefficient (Wildman–Crippen LogP) is 2.83. The van der Waals surface area contributed by atoms with Gasteiger partial charge in [0.25, 0.3) is 0 Å². The molecule has 0 spiro atoms. The van der Waals surface area contributed by atoms with Crippen LogP contribution in [0.3, 0.4) is 0 Å². The summed E-state index contributed by atoms with van der Waals surface area (Å²) in [6.07, 6.45) is 1.58. The fourth-order valence-electron chi connectivity index (χ4n) is 7.17. The van der Waals surface area contributed by atoms with E-state index in [9.17, 15) is 24.4 Å². The van der Waals surface area contributed by atoms with Gasteiger partial charge in [-0.3, -0.25) is 19.2 Å². The van der Waals surface area contributed by atoms with Crippen molar-refractivity contribution in [3.63, 3.8) is 0 Å². The second-order valence-electron chi connectivity index (χ2n) is 14.6. The number of carbonyl (C=O) groups is 4. The quantitative estimate of drug-likeness (QED) is 0.172. The van der Waals surface area contributed by atoms with Crippen LogP contribution < -0.4 is 16.4 Å². The highest BCUT2D eigenvalue weighted by atomic mass is 16.5. The molecule has 4 N–H and O–H groups in total. The third-order valence-electron chi connectivity index (χ3n) is 10.1. The van der Waals surface area contributed by atoms with Gasteiger partial charge in [-0.15, -0.1) is 0 Å². The number of rotatable bonds is 20. The number of nitriles is 1. The first-order valence-electron chi connectivity index (χ1n) is 18.2. The van der Waals surface area contributed by atoms with Crippen LogP contribution >= 0.6 is 0 Å². The lowest BCUT2D eigenvalue weighted by Gasteiger charge is -2.41. The van der Waals surface area contributed by atoms with Gasteiger partial charge in [-0.1, -0.05) is 53.2 Å². The van der Waals surface area contributed by atoms with E-state index in [0.29, 0.717) is 25.1 Å². The number of anilines is 1. The molecular formula is C38H63N7O6. The topological polar surface area (TPSA) is 170 Å². The number of ether oxygens (including phenoxy) is 2. The highest BCUT2D eigenvalue weighted by molar-refractivity contribution is 5.89. The highest BCUT2D eigenvalue weighted by Gasteiger charge is 2.43. The van der Waals surface area contributed by atoms with Crippen LogP contribution in [-0.2, 0) is 35.1 Å². The molecular weight excluding hydrogens is 650 g/mol. The Labute approximate surface area is 305 Å². The maximum atomic E-state index is 14.1. The van der Waals surface area contributed by atoms with Crippen molar-refractivity contribution < 1.29 is 28.7 Å². The van der Waals surface area contributed by atoms with Crippen LogP contribution in [-0.4, -0.2) is 123 Å². The van der Waals surface area contributed by atoms with Crippen LogP contribution in [0.15, 0.2) is 24.3 Å². The molecule has 1 aliphatic rings. The zero-order valence-corrected chi connectivity index (χ0v) is 32.5. The normalized spacial score (nSPS) is 18.6. The monoisotopic (exact) mass is 713 g/mol. The molecule has 4 amide bonds. The molecule has 1 fully saturated rings. The van der Waals surface area contributed by atoms with Gasteiger partial charge in [0, 0.05) is 39.5 Å². The van der Waals surface area contributed by atoms with E-state index in [0.717, 1.165) is 18.4 Å². The van der Waals surface area contributed by atoms with E-state index < -0.39 is 36.3 Å². The molecule has 1 aromatic rings. The van der Waals surface area contributed by atoms with Crippen molar-refractivity contribution in [3.05, 3.63) is 29.8 Å². The molecule has 2 rings (SSSR count). The first-order chi connectivity index (χ1) is 24.1. The molecule has 1 aromatic carbocycles. The van der Waals surface area contributed by atoms with Crippen LogP contribution in [0, 0.1) is 29.1 Å². The van der Waals surface area contributed by atoms with Crippen molar-refractivity contribution in [1.29, 1.82) is 5.26 Å². The second kappa shape index (κ2) is 21.0. The highest BCUT2D eigenvalue weighted by Crippen LogP contribution is 2.30. The minimum Gasteiger partial charge on any atom is -0.399 e. The number of carbonyl (C=O) groups excluding carboxylic acids is 4. The van der Waals surface area contributed by atoms with Gasteiger partial charge in [0.15, 0.2) is 0 Å². The number of methoxy groups -OCH3 is 2. The van der Waals surface area contributed by atoms with Crippen molar-refractivity contribution >= 4 is 29.3 Å². The summed E-state index contributed by atoms with van der Waals surface area (Å²) >= 11 is 0. The van der Waals surface area contributed by atoms with Gasteiger partial charge in [-0.2, -0.15) is 5.26 Å². The fraction of sp³-hybridized carbons (Fsp3) is 0.711. The summed E-state index contributed by atoms with van der Waals surface area (Å²) in [5.74, 6) is -1.65. The maximum Gasteiger partial charge on any atom is 0.245 e. The number of nitrogens with zero attached hydrogens (tertiary/aromatic N) is 4. The van der Waals surface area contributed by atoms with E-state index in [1.165, 1.54) is 0 Å². The summed E-state index contributed by atoms with van der Waals surface area (Å²) in [5, 5.41) is 15.4. The summed E-state index contributed by atoms with van der Waals surface area (Å²) in [4.78, 5) is 59.5. The minimum absolute atomic E-state index is 0.0134. The lowest BCUT2D eigenvalue weighted by molar-refractivity contribution is -0.147. The largest absolute Gasteiger partial charge is 0.399 e. The van der Waals surface area contributed by atoms with Crippen molar-refractivity contribution in [3.8, 4) is 6.07 Å². The van der Waals surface area contributed by atoms with Gasteiger partial charge in [-0.05, 0) is 62.9 Å². The molecule has 286 valence electrons. The molecule has 1 heterocycles. The van der Waals surface area contributed by atoms with Crippen LogP contribution in [0.1, 0.15) is 72.3 Å². The molecule has 0 aromatic heterocycles. The molecule has 0 radical (unpaired) electrons. The molecule has 13 heteroatoms. The van der Waals surface area contributed by atoms with E-state index in [4.69, 9.17) is 15.2 Å². The van der Waals surface area contributed by atoms with Gasteiger partial charge in [-0.25, -0.2) is 0 Å². The van der Waals surface area contributed by atoms with Crippen LogP contribution in [0.2, 0.25) is 0 Å². The number of hydrogen-bond acceptors (Lipinski definition) is 9. The average molecular weight is 714 g/mol. The van der Waals surface area contributed by atoms with Gasteiger partial charge in [0.1, 0.15) is 6.04 Å². The number of benzene rings is 1. The molecule has 0 bridgehead atoms. The molecule has 8 atom stereocenters. The number of nitrogens with one attached hydrogen (secondary N) is 2. The Hall–Kier alpha value is -3.73. The van der Waals surface area contributed by atoms with E-state index in [2.05, 4.69) is 16.7 Å². The summed E-state index contributed by atoms with van der Waals surface area (Å²) in [6, 6.07) is 7.61. The number of likely N-dealkylation sites (tertiary alicyclic amines) is 1. The maximum absolute atomic E-state index is 14.1. The number of likely N-dealkylation sites (N-methyl/N-ethyl adjacent to an activating group) is 2. The Balaban J connectivity index is 2.24. The van der Waals surface area contributed by atoms with Crippen LogP contribution in [0.5, 0.6) is 0 Å². The molecule has 1 aliphatic heterocycles. The van der Waals surface area contributed by atoms with Crippen molar-refractivity contribution in [2.45, 2.75) is 110 Å². The summed E-state index contributed by atoms with van der Waals surface area (Å²) in [6.45, 7) is 10.3. The second-order valence-corrected chi connectivity index (χ2v) is 14.6. The Morgan fingerprint density at radius 3 is 2.31 bits per heavy atom. The van der Waals surface area contributed by atoms with E-state index in [1.54, 1.807) is 63.1 Å². The van der Waals surface area contributed by atoms with E-state index >= 15 is 0 Å². The predicted molar refractivity (Wildman–Crippen MR) is 198 cm³/mol. The summed E-state index contributed by atoms with van der Waals surface area (Å²) in [5.41, 5.74) is 7.47. The van der Waals surface area contributed by atoms with Crippen LogP contribution in [0.4, 0.5) is 5.69 Å². The summed E-state index contributed by atoms with van der Waals surface area (Å²) < 4.78 is 11.9. The summed E-state index contributed by atoms with van der Waals surface area (Å²) in [7, 11) is 8.41. The van der Waals surface area contributed by atoms with Crippen molar-refractivity contribution in [2.24, 2.45) is 17.8 Å². The standard InChI is InChI=1S/C38H63N7O6/c1-11-25(4)35(44(8)38(49)34(24(2)3)42-32(46)23-43(6)7)31(50-9)22-33(47)45-19-13-16-30(45)36(51-10)26(5)37(48)41-29(17-18-39)21-27-14-12-15-28(40)20-27/h12,14-15,20,24-26,29-31,34-36H,11,13,16-17,19,21-23,40H2,1-10H3,(H,41,48)(H,42,46)/t25-,26+,29+,30-,31+,34-,35-,36+/m0/s1. The molecule has 0 saturated carbocycles. The van der Waals surface area contributed by atoms with Gasteiger partial charge < -0.3 is 40.5 Å². The number of hydrogen-bond donors (Lipinski definition) is 3. The average Bonchev–Trinajstić information content (AvgIpc) is 3.56. The first kappa shape index (κ1) is 43.4. The van der Waals surface area contributed by atoms with Gasteiger partial charge in [0.05, 0.1) is 55.7 Å². The lowest BCUT2D eigenvalue weighted by Crippen LogP contribution is -2.58. The molecule has 0 unspecified atom stereocenters. The Bertz CT molecular complexity index is 1330. The molecule has 51 heavy (non-hydrogen) atoms. The Morgan fingerprint density at radius 2 is 1.76 bits per heavy atom. The van der Waals surface area contributed by atoms with Gasteiger partial charge in [0.2, 0.25) is 23.6 Å². The zero-order valence-electron chi connectivity index (χ0n) is 32.5. The van der Waals surface area contributed by atoms with Gasteiger partial charge >= 0.3 is 0 Å². The Kier molecular flexibility index (Phi) is 17.8. The molecule has 0 aliphatic carbocycles. The number of nitrogen functional groups attached to an aromatic ring is 1. The minimum atomic E-state index is -0.737. The van der Waals surface area contributed by atoms with E-state index in [-0.39, 0.29) is 60.9 Å². The SMILES string of the molecule is CC[C@H](C)[C@@H]([C@@H](CC(=O)N1CCC[C@H]1[C@H](OC)[C@@H](C)C(=O)N[C@H](CC#N)Cc1cccc(N)c1)OC)N(C)C(=O)[C@@H](NC(=O)CN(C)C)C(C)C. The van der Waals surface area contributed by atoms with Crippen molar-refractivity contribution in [2.75, 3.05) is 54.2 Å². The lowest BCUT2D eigenvalue weighted by atomic mass is 9.89. The van der Waals surface area contributed by atoms with Crippen LogP contribution in [0.25, 0.3) is 0 Å². The third kappa shape index (κ3) is 12.5. The third-order valence-corrected chi connectivity index (χ3v) is 10.1. The fourth-order valence-corrected chi connectivity index (χ4v) is 7.17. The molecule has 13 nitrogen and oxygen atoms in total. The zero-order chi connectivity index (χ0) is 38.4.